The van der Waals surface area contributed by atoms with E-state index in [2.05, 4.69) is 21.2 Å². The molecular formula is C21H24N4O4. The third-order valence-corrected chi connectivity index (χ3v) is 3.38. The number of rotatable bonds is 6. The molecule has 3 N–H and O–H groups in total. The fraction of sp³-hybridized carbons (Fsp3) is 0.238. The fourth-order valence-electron chi connectivity index (χ4n) is 2.13. The van der Waals surface area contributed by atoms with Crippen molar-refractivity contribution in [2.75, 3.05) is 11.9 Å². The molecule has 2 aromatic carbocycles. The topological polar surface area (TPSA) is 109 Å². The maximum atomic E-state index is 11.9. The van der Waals surface area contributed by atoms with Gasteiger partial charge in [-0.05, 0) is 62.7 Å². The Labute approximate surface area is 169 Å². The predicted octanol–water partition coefficient (Wildman–Crippen LogP) is 2.07. The van der Waals surface area contributed by atoms with Crippen LogP contribution in [0.5, 0.6) is 5.75 Å². The molecule has 0 atom stereocenters. The normalized spacial score (nSPS) is 11.0. The minimum absolute atomic E-state index is 0.124. The number of nitrogens with one attached hydrogen (secondary N) is 3. The van der Waals surface area contributed by atoms with E-state index < -0.39 is 17.4 Å². The molecule has 8 heteroatoms. The summed E-state index contributed by atoms with van der Waals surface area (Å²) in [5.41, 5.74) is 3.04. The second-order valence-electron chi connectivity index (χ2n) is 7.18. The van der Waals surface area contributed by atoms with E-state index >= 15 is 0 Å². The number of anilines is 1. The minimum Gasteiger partial charge on any atom is -0.484 e. The average molecular weight is 396 g/mol. The van der Waals surface area contributed by atoms with Gasteiger partial charge in [-0.15, -0.1) is 0 Å². The van der Waals surface area contributed by atoms with Crippen LogP contribution in [0.3, 0.4) is 0 Å². The van der Waals surface area contributed by atoms with Crippen LogP contribution in [0.4, 0.5) is 5.69 Å². The van der Waals surface area contributed by atoms with Crippen LogP contribution in [0.25, 0.3) is 0 Å². The van der Waals surface area contributed by atoms with Crippen LogP contribution in [-0.2, 0) is 14.4 Å². The number of ether oxygens (including phenoxy) is 1. The summed E-state index contributed by atoms with van der Waals surface area (Å²) in [5.74, 6) is -1.36. The number of amides is 3. The SMILES string of the molecule is CC(C)(C)NC(=O)C(=O)N/N=C\c1ccc(OCC(=O)Nc2ccccc2)cc1. The summed E-state index contributed by atoms with van der Waals surface area (Å²) in [6.07, 6.45) is 1.40. The first-order valence-corrected chi connectivity index (χ1v) is 8.96. The molecule has 0 aliphatic carbocycles. The Hall–Kier alpha value is -3.68. The van der Waals surface area contributed by atoms with E-state index in [1.54, 1.807) is 57.2 Å². The summed E-state index contributed by atoms with van der Waals surface area (Å²) < 4.78 is 5.44. The maximum Gasteiger partial charge on any atom is 0.329 e. The third-order valence-electron chi connectivity index (χ3n) is 3.38. The van der Waals surface area contributed by atoms with Crippen molar-refractivity contribution in [2.45, 2.75) is 26.3 Å². The smallest absolute Gasteiger partial charge is 0.329 e. The van der Waals surface area contributed by atoms with Gasteiger partial charge in [0.2, 0.25) is 0 Å². The number of nitrogens with zero attached hydrogens (tertiary/aromatic N) is 1. The highest BCUT2D eigenvalue weighted by atomic mass is 16.5. The van der Waals surface area contributed by atoms with Crippen LogP contribution in [0.1, 0.15) is 26.3 Å². The van der Waals surface area contributed by atoms with Crippen molar-refractivity contribution in [3.8, 4) is 5.75 Å². The Balaban J connectivity index is 1.78. The van der Waals surface area contributed by atoms with Crippen molar-refractivity contribution in [1.82, 2.24) is 10.7 Å². The fourth-order valence-corrected chi connectivity index (χ4v) is 2.13. The second-order valence-corrected chi connectivity index (χ2v) is 7.18. The van der Waals surface area contributed by atoms with Gasteiger partial charge < -0.3 is 15.4 Å². The van der Waals surface area contributed by atoms with Crippen LogP contribution < -0.4 is 20.8 Å². The molecule has 0 heterocycles. The van der Waals surface area contributed by atoms with E-state index in [-0.39, 0.29) is 12.5 Å². The van der Waals surface area contributed by atoms with Crippen molar-refractivity contribution in [3.63, 3.8) is 0 Å². The van der Waals surface area contributed by atoms with Crippen LogP contribution in [0.15, 0.2) is 59.7 Å². The molecule has 8 nitrogen and oxygen atoms in total. The summed E-state index contributed by atoms with van der Waals surface area (Å²) >= 11 is 0. The molecule has 3 amide bonds. The van der Waals surface area contributed by atoms with Gasteiger partial charge in [0.25, 0.3) is 5.91 Å². The number of hydrogen-bond acceptors (Lipinski definition) is 5. The van der Waals surface area contributed by atoms with Gasteiger partial charge in [-0.25, -0.2) is 5.43 Å². The van der Waals surface area contributed by atoms with Gasteiger partial charge in [-0.3, -0.25) is 14.4 Å². The molecule has 0 radical (unpaired) electrons. The Morgan fingerprint density at radius 3 is 2.24 bits per heavy atom. The summed E-state index contributed by atoms with van der Waals surface area (Å²) in [4.78, 5) is 35.2. The lowest BCUT2D eigenvalue weighted by molar-refractivity contribution is -0.140. The van der Waals surface area contributed by atoms with E-state index in [0.717, 1.165) is 0 Å². The molecule has 152 valence electrons. The van der Waals surface area contributed by atoms with Gasteiger partial charge in [0.15, 0.2) is 6.61 Å². The molecule has 0 aliphatic heterocycles. The number of para-hydroxylation sites is 1. The lowest BCUT2D eigenvalue weighted by Gasteiger charge is -2.19. The Kier molecular flexibility index (Phi) is 7.47. The Morgan fingerprint density at radius 2 is 1.62 bits per heavy atom. The molecule has 2 rings (SSSR count). The predicted molar refractivity (Wildman–Crippen MR) is 111 cm³/mol. The Bertz CT molecular complexity index is 872. The van der Waals surface area contributed by atoms with Crippen molar-refractivity contribution in [2.24, 2.45) is 5.10 Å². The average Bonchev–Trinajstić information content (AvgIpc) is 2.67. The first-order valence-electron chi connectivity index (χ1n) is 8.96. The van der Waals surface area contributed by atoms with Crippen LogP contribution in [0.2, 0.25) is 0 Å². The van der Waals surface area contributed by atoms with Gasteiger partial charge in [-0.1, -0.05) is 18.2 Å². The van der Waals surface area contributed by atoms with Crippen molar-refractivity contribution >= 4 is 29.6 Å². The molecule has 0 aliphatic rings. The molecular weight excluding hydrogens is 372 g/mol. The maximum absolute atomic E-state index is 11.9. The highest BCUT2D eigenvalue weighted by Gasteiger charge is 2.19. The van der Waals surface area contributed by atoms with Crippen molar-refractivity contribution in [3.05, 3.63) is 60.2 Å². The highest BCUT2D eigenvalue weighted by molar-refractivity contribution is 6.35. The van der Waals surface area contributed by atoms with Crippen LogP contribution >= 0.6 is 0 Å². The van der Waals surface area contributed by atoms with E-state index in [4.69, 9.17) is 4.74 Å². The monoisotopic (exact) mass is 396 g/mol. The molecule has 0 fully saturated rings. The van der Waals surface area contributed by atoms with Gasteiger partial charge >= 0.3 is 11.8 Å². The number of carbonyl (C=O) groups is 3. The number of hydrogen-bond donors (Lipinski definition) is 3. The lowest BCUT2D eigenvalue weighted by atomic mass is 10.1. The Morgan fingerprint density at radius 1 is 0.966 bits per heavy atom. The molecule has 0 aromatic heterocycles. The summed E-state index contributed by atoms with van der Waals surface area (Å²) in [6, 6.07) is 15.9. The largest absolute Gasteiger partial charge is 0.484 e. The van der Waals surface area contributed by atoms with Crippen LogP contribution in [0, 0.1) is 0 Å². The molecule has 0 saturated heterocycles. The summed E-state index contributed by atoms with van der Waals surface area (Å²) in [7, 11) is 0. The zero-order valence-electron chi connectivity index (χ0n) is 16.6. The summed E-state index contributed by atoms with van der Waals surface area (Å²) in [5, 5.41) is 9.02. The van der Waals surface area contributed by atoms with Gasteiger partial charge in [0.1, 0.15) is 5.75 Å². The molecule has 2 aromatic rings. The molecule has 0 bridgehead atoms. The first-order chi connectivity index (χ1) is 13.7. The van der Waals surface area contributed by atoms with Crippen LogP contribution in [-0.4, -0.2) is 36.1 Å². The van der Waals surface area contributed by atoms with E-state index in [1.807, 2.05) is 18.2 Å². The van der Waals surface area contributed by atoms with E-state index in [9.17, 15) is 14.4 Å². The lowest BCUT2D eigenvalue weighted by Crippen LogP contribution is -2.47. The minimum atomic E-state index is -0.847. The quantitative estimate of drug-likeness (QED) is 0.394. The third kappa shape index (κ3) is 8.25. The van der Waals surface area contributed by atoms with E-state index in [1.165, 1.54) is 6.21 Å². The zero-order valence-corrected chi connectivity index (χ0v) is 16.6. The van der Waals surface area contributed by atoms with Gasteiger partial charge in [-0.2, -0.15) is 5.10 Å². The molecule has 0 saturated carbocycles. The summed E-state index contributed by atoms with van der Waals surface area (Å²) in [6.45, 7) is 5.20. The standard InChI is InChI=1S/C21H24N4O4/c1-21(2,3)24-19(27)20(28)25-22-13-15-9-11-17(12-10-15)29-14-18(26)23-16-7-5-4-6-8-16/h4-13H,14H2,1-3H3,(H,23,26)(H,24,27)(H,25,28)/b22-13-. The number of benzene rings is 2. The number of hydrazone groups is 1. The van der Waals surface area contributed by atoms with E-state index in [0.29, 0.717) is 17.0 Å². The van der Waals surface area contributed by atoms with Crippen molar-refractivity contribution < 1.29 is 19.1 Å². The number of carbonyl (C=O) groups excluding carboxylic acids is 3. The molecule has 29 heavy (non-hydrogen) atoms. The van der Waals surface area contributed by atoms with Crippen molar-refractivity contribution in [1.29, 1.82) is 0 Å². The zero-order chi connectivity index (χ0) is 21.3. The molecule has 0 spiro atoms. The second kappa shape index (κ2) is 10.0. The first kappa shape index (κ1) is 21.6. The molecule has 0 unspecified atom stereocenters. The van der Waals surface area contributed by atoms with Gasteiger partial charge in [0.05, 0.1) is 6.21 Å². The van der Waals surface area contributed by atoms with Gasteiger partial charge in [0, 0.05) is 11.2 Å². The highest BCUT2D eigenvalue weighted by Crippen LogP contribution is 2.11.